The Morgan fingerprint density at radius 3 is 1.67 bits per heavy atom. The fourth-order valence-corrected chi connectivity index (χ4v) is 2.60. The fraction of sp³-hybridized carbons (Fsp3) is 0.682. The van der Waals surface area contributed by atoms with Gasteiger partial charge in [-0.25, -0.2) is 0 Å². The van der Waals surface area contributed by atoms with Crippen molar-refractivity contribution in [1.29, 1.82) is 0 Å². The Kier molecular flexibility index (Phi) is 18.7. The third-order valence-electron chi connectivity index (χ3n) is 4.03. The normalized spacial score (nSPS) is 12.0. The van der Waals surface area contributed by atoms with E-state index in [4.69, 9.17) is 0 Å². The minimum Gasteiger partial charge on any atom is -0.550 e. The van der Waals surface area contributed by atoms with Gasteiger partial charge >= 0.3 is 0 Å². The quantitative estimate of drug-likeness (QED) is 0.246. The molecule has 0 bridgehead atoms. The maximum absolute atomic E-state index is 10.3. The molecule has 2 heteroatoms. The highest BCUT2D eigenvalue weighted by molar-refractivity contribution is 5.63. The summed E-state index contributed by atoms with van der Waals surface area (Å²) >= 11 is 0. The Hall–Kier alpha value is -1.31. The van der Waals surface area contributed by atoms with E-state index in [-0.39, 0.29) is 6.42 Å². The number of carbonyl (C=O) groups is 1. The van der Waals surface area contributed by atoms with E-state index >= 15 is 0 Å². The van der Waals surface area contributed by atoms with Crippen LogP contribution < -0.4 is 5.11 Å². The van der Waals surface area contributed by atoms with Crippen LogP contribution in [0.25, 0.3) is 0 Å². The van der Waals surface area contributed by atoms with Crippen LogP contribution in [-0.4, -0.2) is 5.97 Å². The van der Waals surface area contributed by atoms with Gasteiger partial charge in [0.15, 0.2) is 0 Å². The average molecular weight is 334 g/mol. The van der Waals surface area contributed by atoms with Crippen molar-refractivity contribution in [2.75, 3.05) is 0 Å². The number of hydrogen-bond donors (Lipinski definition) is 0. The first kappa shape index (κ1) is 22.7. The summed E-state index contributed by atoms with van der Waals surface area (Å²) in [6, 6.07) is 0. The summed E-state index contributed by atoms with van der Waals surface area (Å²) in [6.07, 6.45) is 28.9. The monoisotopic (exact) mass is 333 g/mol. The maximum Gasteiger partial charge on any atom is 0.0414 e. The number of allylic oxidation sites excluding steroid dienone is 6. The van der Waals surface area contributed by atoms with E-state index in [0.717, 1.165) is 38.5 Å². The van der Waals surface area contributed by atoms with Crippen LogP contribution in [0.15, 0.2) is 36.5 Å². The van der Waals surface area contributed by atoms with E-state index in [1.807, 2.05) is 0 Å². The number of aliphatic carboxylic acids is 1. The molecule has 138 valence electrons. The molecule has 24 heavy (non-hydrogen) atoms. The molecule has 0 N–H and O–H groups in total. The summed E-state index contributed by atoms with van der Waals surface area (Å²) in [5.74, 6) is -0.913. The molecule has 0 unspecified atom stereocenters. The molecule has 0 aromatic heterocycles. The second kappa shape index (κ2) is 19.7. The molecule has 0 spiro atoms. The molecule has 2 nitrogen and oxygen atoms in total. The lowest BCUT2D eigenvalue weighted by Crippen LogP contribution is -2.21. The van der Waals surface area contributed by atoms with Crippen molar-refractivity contribution in [1.82, 2.24) is 0 Å². The Bertz CT molecular complexity index is 353. The Morgan fingerprint density at radius 1 is 0.667 bits per heavy atom. The van der Waals surface area contributed by atoms with E-state index in [1.165, 1.54) is 44.9 Å². The van der Waals surface area contributed by atoms with E-state index in [2.05, 4.69) is 43.4 Å². The zero-order chi connectivity index (χ0) is 17.7. The molecule has 0 heterocycles. The van der Waals surface area contributed by atoms with Crippen LogP contribution in [0.4, 0.5) is 0 Å². The number of carbonyl (C=O) groups excluding carboxylic acids is 1. The summed E-state index contributed by atoms with van der Waals surface area (Å²) < 4.78 is 0. The third kappa shape index (κ3) is 20.7. The highest BCUT2D eigenvalue weighted by Gasteiger charge is 1.93. The minimum absolute atomic E-state index is 0.221. The molecule has 0 aromatic carbocycles. The van der Waals surface area contributed by atoms with Crippen LogP contribution >= 0.6 is 0 Å². The largest absolute Gasteiger partial charge is 0.550 e. The molecule has 0 aliphatic heterocycles. The van der Waals surface area contributed by atoms with E-state index < -0.39 is 5.97 Å². The molecular weight excluding hydrogens is 296 g/mol. The smallest absolute Gasteiger partial charge is 0.0414 e. The Labute approximate surface area is 149 Å². The SMILES string of the molecule is CC/C=C\C/C=C\C/C=C\CCCCCCCCCCCC(=O)[O-]. The van der Waals surface area contributed by atoms with Crippen molar-refractivity contribution in [3.05, 3.63) is 36.5 Å². The van der Waals surface area contributed by atoms with Gasteiger partial charge in [0.05, 0.1) is 0 Å². The maximum atomic E-state index is 10.3. The highest BCUT2D eigenvalue weighted by atomic mass is 16.4. The van der Waals surface area contributed by atoms with Gasteiger partial charge < -0.3 is 9.90 Å². The summed E-state index contributed by atoms with van der Waals surface area (Å²) in [5.41, 5.74) is 0. The Balaban J connectivity index is 3.18. The molecule has 0 atom stereocenters. The lowest BCUT2D eigenvalue weighted by molar-refractivity contribution is -0.305. The number of rotatable bonds is 17. The van der Waals surface area contributed by atoms with Gasteiger partial charge in [0.2, 0.25) is 0 Å². The van der Waals surface area contributed by atoms with Crippen molar-refractivity contribution in [3.63, 3.8) is 0 Å². The fourth-order valence-electron chi connectivity index (χ4n) is 2.60. The van der Waals surface area contributed by atoms with Crippen molar-refractivity contribution in [2.45, 2.75) is 96.8 Å². The molecular formula is C22H37O2-. The molecule has 0 saturated carbocycles. The van der Waals surface area contributed by atoms with Crippen LogP contribution in [0.1, 0.15) is 96.8 Å². The first-order valence-corrected chi connectivity index (χ1v) is 9.92. The lowest BCUT2D eigenvalue weighted by atomic mass is 10.1. The van der Waals surface area contributed by atoms with Gasteiger partial charge in [-0.3, -0.25) is 0 Å². The van der Waals surface area contributed by atoms with Crippen LogP contribution in [0, 0.1) is 0 Å². The van der Waals surface area contributed by atoms with Gasteiger partial charge in [-0.1, -0.05) is 88.3 Å². The molecule has 0 aromatic rings. The van der Waals surface area contributed by atoms with Crippen molar-refractivity contribution >= 4 is 5.97 Å². The first-order valence-electron chi connectivity index (χ1n) is 9.92. The number of hydrogen-bond acceptors (Lipinski definition) is 2. The average Bonchev–Trinajstić information content (AvgIpc) is 2.56. The second-order valence-electron chi connectivity index (χ2n) is 6.39. The summed E-state index contributed by atoms with van der Waals surface area (Å²) in [7, 11) is 0. The van der Waals surface area contributed by atoms with Gasteiger partial charge in [0.25, 0.3) is 0 Å². The zero-order valence-corrected chi connectivity index (χ0v) is 15.7. The van der Waals surface area contributed by atoms with Crippen LogP contribution in [-0.2, 0) is 4.79 Å². The summed E-state index contributed by atoms with van der Waals surface area (Å²) in [6.45, 7) is 2.16. The van der Waals surface area contributed by atoms with Gasteiger partial charge in [-0.05, 0) is 44.9 Å². The van der Waals surface area contributed by atoms with Gasteiger partial charge in [0, 0.05) is 5.97 Å². The van der Waals surface area contributed by atoms with Crippen LogP contribution in [0.5, 0.6) is 0 Å². The predicted molar refractivity (Wildman–Crippen MR) is 103 cm³/mol. The van der Waals surface area contributed by atoms with Crippen molar-refractivity contribution < 1.29 is 9.90 Å². The molecule has 0 saturated heterocycles. The predicted octanol–water partition coefficient (Wildman–Crippen LogP) is 5.89. The molecule has 0 aliphatic carbocycles. The van der Waals surface area contributed by atoms with Gasteiger partial charge in [-0.2, -0.15) is 0 Å². The zero-order valence-electron chi connectivity index (χ0n) is 15.7. The first-order chi connectivity index (χ1) is 11.8. The van der Waals surface area contributed by atoms with Crippen LogP contribution in [0.2, 0.25) is 0 Å². The topological polar surface area (TPSA) is 40.1 Å². The third-order valence-corrected chi connectivity index (χ3v) is 4.03. The Morgan fingerprint density at radius 2 is 1.12 bits per heavy atom. The number of carboxylic acid groups (broad SMARTS) is 1. The highest BCUT2D eigenvalue weighted by Crippen LogP contribution is 2.11. The van der Waals surface area contributed by atoms with Gasteiger partial charge in [0.1, 0.15) is 0 Å². The van der Waals surface area contributed by atoms with E-state index in [9.17, 15) is 9.90 Å². The van der Waals surface area contributed by atoms with E-state index in [0.29, 0.717) is 0 Å². The molecule has 0 rings (SSSR count). The molecule has 0 amide bonds. The van der Waals surface area contributed by atoms with Crippen molar-refractivity contribution in [2.24, 2.45) is 0 Å². The van der Waals surface area contributed by atoms with E-state index in [1.54, 1.807) is 0 Å². The molecule has 0 fully saturated rings. The second-order valence-corrected chi connectivity index (χ2v) is 6.39. The van der Waals surface area contributed by atoms with Gasteiger partial charge in [-0.15, -0.1) is 0 Å². The summed E-state index contributed by atoms with van der Waals surface area (Å²) in [5, 5.41) is 10.3. The molecule has 0 aliphatic rings. The molecule has 0 radical (unpaired) electrons. The summed E-state index contributed by atoms with van der Waals surface area (Å²) in [4.78, 5) is 10.3. The standard InChI is InChI=1S/C22H38O2/c1-2-3-4-5-6-7-8-9-10-11-12-13-14-15-16-17-18-19-20-21-22(23)24/h3-4,6-7,9-10H,2,5,8,11-21H2,1H3,(H,23,24)/p-1/b4-3-,7-6-,10-9-. The number of carboxylic acids is 1. The van der Waals surface area contributed by atoms with Crippen molar-refractivity contribution in [3.8, 4) is 0 Å². The lowest BCUT2D eigenvalue weighted by Gasteiger charge is -2.03. The minimum atomic E-state index is -0.913. The van der Waals surface area contributed by atoms with Crippen LogP contribution in [0.3, 0.4) is 0 Å². The number of unbranched alkanes of at least 4 members (excludes halogenated alkanes) is 9.